The van der Waals surface area contributed by atoms with Crippen LogP contribution in [0.5, 0.6) is 0 Å². The summed E-state index contributed by atoms with van der Waals surface area (Å²) in [6.45, 7) is 0. The molecule has 0 N–H and O–H groups in total. The Hall–Kier alpha value is -2.02. The van der Waals surface area contributed by atoms with Crippen LogP contribution in [-0.4, -0.2) is 9.97 Å². The normalized spacial score (nSPS) is 9.44. The van der Waals surface area contributed by atoms with Gasteiger partial charge in [0.25, 0.3) is 0 Å². The summed E-state index contributed by atoms with van der Waals surface area (Å²) in [7, 11) is 0. The van der Waals surface area contributed by atoms with Gasteiger partial charge in [-0.1, -0.05) is 6.07 Å². The average Bonchev–Trinajstić information content (AvgIpc) is 2.42. The number of nitriles is 2. The molecule has 2 aromatic heterocycles. The van der Waals surface area contributed by atoms with Crippen LogP contribution in [0.1, 0.15) is 0 Å². The zero-order valence-electron chi connectivity index (χ0n) is 9.07. The Morgan fingerprint density at radius 1 is 0.944 bits per heavy atom. The van der Waals surface area contributed by atoms with Gasteiger partial charge in [0.1, 0.15) is 16.5 Å². The Balaban J connectivity index is 2.58. The van der Waals surface area contributed by atoms with Crippen molar-refractivity contribution in [3.8, 4) is 22.2 Å². The van der Waals surface area contributed by atoms with Crippen LogP contribution < -0.4 is 0 Å². The van der Waals surface area contributed by atoms with Crippen molar-refractivity contribution in [1.29, 1.82) is 10.5 Å². The number of thioether (sulfide) groups is 2. The molecule has 0 aliphatic rings. The predicted octanol–water partition coefficient (Wildman–Crippen LogP) is 3.29. The van der Waals surface area contributed by atoms with E-state index in [1.54, 1.807) is 18.5 Å². The topological polar surface area (TPSA) is 73.4 Å². The Morgan fingerprint density at radius 3 is 2.44 bits per heavy atom. The van der Waals surface area contributed by atoms with E-state index in [-0.39, 0.29) is 0 Å². The first kappa shape index (κ1) is 12.4. The minimum Gasteiger partial charge on any atom is -0.255 e. The van der Waals surface area contributed by atoms with E-state index < -0.39 is 0 Å². The van der Waals surface area contributed by atoms with E-state index in [9.17, 15) is 0 Å². The van der Waals surface area contributed by atoms with Gasteiger partial charge < -0.3 is 0 Å². The third-order valence-corrected chi connectivity index (χ3v) is 3.57. The maximum Gasteiger partial charge on any atom is 0.138 e. The summed E-state index contributed by atoms with van der Waals surface area (Å²) in [5.74, 6) is 0. The van der Waals surface area contributed by atoms with E-state index in [0.29, 0.717) is 16.3 Å². The number of hydrogen-bond donors (Lipinski definition) is 0. The second-order valence-corrected chi connectivity index (χ2v) is 4.71. The summed E-state index contributed by atoms with van der Waals surface area (Å²) in [5, 5.41) is 21.6. The van der Waals surface area contributed by atoms with Gasteiger partial charge in [-0.2, -0.15) is 10.5 Å². The van der Waals surface area contributed by atoms with Gasteiger partial charge in [-0.25, -0.2) is 0 Å². The highest BCUT2D eigenvalue weighted by Gasteiger charge is 2.13. The fraction of sp³-hybridized carbons (Fsp3) is 0. The molecule has 0 aliphatic heterocycles. The number of thiocyanates is 2. The van der Waals surface area contributed by atoms with Gasteiger partial charge in [-0.15, -0.1) is 0 Å². The number of hydrogen-bond acceptors (Lipinski definition) is 6. The largest absolute Gasteiger partial charge is 0.255 e. The highest BCUT2D eigenvalue weighted by molar-refractivity contribution is 8.06. The maximum absolute atomic E-state index is 8.86. The molecule has 2 aromatic rings. The molecule has 4 nitrogen and oxygen atoms in total. The quantitative estimate of drug-likeness (QED) is 0.629. The molecule has 0 radical (unpaired) electrons. The molecule has 0 aromatic carbocycles. The molecule has 0 saturated heterocycles. The third kappa shape index (κ3) is 2.62. The summed E-state index contributed by atoms with van der Waals surface area (Å²) in [6.07, 6.45) is 3.28. The van der Waals surface area contributed by atoms with Crippen LogP contribution in [-0.2, 0) is 0 Å². The fourth-order valence-electron chi connectivity index (χ4n) is 1.39. The molecule has 6 heteroatoms. The zero-order chi connectivity index (χ0) is 12.8. The molecular formula is C12H6N4S2. The van der Waals surface area contributed by atoms with Crippen LogP contribution in [0.2, 0.25) is 0 Å². The van der Waals surface area contributed by atoms with Crippen molar-refractivity contribution in [1.82, 2.24) is 9.97 Å². The summed E-state index contributed by atoms with van der Waals surface area (Å²) in [4.78, 5) is 9.86. The number of nitrogens with zero attached hydrogens (tertiary/aromatic N) is 4. The lowest BCUT2D eigenvalue weighted by molar-refractivity contribution is 1.12. The standard InChI is InChI=1S/C12H6N4S2/c13-7-17-10-4-6-16-11(12(10)18-8-14)9-3-1-2-5-15-9/h1-6H. The average molecular weight is 270 g/mol. The Bertz CT molecular complexity index is 629. The third-order valence-electron chi connectivity index (χ3n) is 2.08. The zero-order valence-corrected chi connectivity index (χ0v) is 10.7. The molecule has 0 bridgehead atoms. The summed E-state index contributed by atoms with van der Waals surface area (Å²) in [6, 6.07) is 7.22. The van der Waals surface area contributed by atoms with Gasteiger partial charge in [-0.3, -0.25) is 9.97 Å². The monoisotopic (exact) mass is 270 g/mol. The van der Waals surface area contributed by atoms with Crippen molar-refractivity contribution in [2.75, 3.05) is 0 Å². The first-order chi connectivity index (χ1) is 8.86. The molecule has 0 atom stereocenters. The lowest BCUT2D eigenvalue weighted by Crippen LogP contribution is -1.91. The first-order valence-corrected chi connectivity index (χ1v) is 6.52. The Morgan fingerprint density at radius 2 is 1.78 bits per heavy atom. The first-order valence-electron chi connectivity index (χ1n) is 4.89. The van der Waals surface area contributed by atoms with E-state index in [4.69, 9.17) is 10.5 Å². The van der Waals surface area contributed by atoms with Crippen LogP contribution in [0, 0.1) is 21.3 Å². The molecule has 0 spiro atoms. The van der Waals surface area contributed by atoms with Crippen molar-refractivity contribution in [2.24, 2.45) is 0 Å². The SMILES string of the molecule is N#CSc1ccnc(-c2ccccn2)c1SC#N. The van der Waals surface area contributed by atoms with Crippen molar-refractivity contribution in [3.05, 3.63) is 36.7 Å². The highest BCUT2D eigenvalue weighted by Crippen LogP contribution is 2.36. The van der Waals surface area contributed by atoms with E-state index in [2.05, 4.69) is 9.97 Å². The number of rotatable bonds is 3. The van der Waals surface area contributed by atoms with Crippen LogP contribution in [0.15, 0.2) is 46.5 Å². The predicted molar refractivity (Wildman–Crippen MR) is 70.4 cm³/mol. The van der Waals surface area contributed by atoms with Gasteiger partial charge in [0.15, 0.2) is 0 Å². The summed E-state index contributed by atoms with van der Waals surface area (Å²) in [5.41, 5.74) is 1.32. The van der Waals surface area contributed by atoms with Crippen molar-refractivity contribution in [2.45, 2.75) is 9.79 Å². The summed E-state index contributed by atoms with van der Waals surface area (Å²) < 4.78 is 0. The van der Waals surface area contributed by atoms with E-state index >= 15 is 0 Å². The highest BCUT2D eigenvalue weighted by atomic mass is 32.2. The van der Waals surface area contributed by atoms with Crippen LogP contribution >= 0.6 is 23.5 Å². The van der Waals surface area contributed by atoms with Gasteiger partial charge in [0, 0.05) is 17.3 Å². The molecule has 18 heavy (non-hydrogen) atoms. The molecule has 0 saturated carbocycles. The van der Waals surface area contributed by atoms with Gasteiger partial charge in [0.05, 0.1) is 10.6 Å². The maximum atomic E-state index is 8.86. The number of pyridine rings is 2. The van der Waals surface area contributed by atoms with E-state index in [0.717, 1.165) is 28.4 Å². The minimum atomic E-state index is 0.627. The lowest BCUT2D eigenvalue weighted by atomic mass is 10.2. The molecule has 0 aliphatic carbocycles. The van der Waals surface area contributed by atoms with Gasteiger partial charge in [0.2, 0.25) is 0 Å². The number of aromatic nitrogens is 2. The Kier molecular flexibility index (Phi) is 4.19. The Labute approximate surface area is 113 Å². The molecule has 2 rings (SSSR count). The van der Waals surface area contributed by atoms with Crippen molar-refractivity contribution in [3.63, 3.8) is 0 Å². The van der Waals surface area contributed by atoms with E-state index in [1.165, 1.54) is 0 Å². The molecule has 0 fully saturated rings. The molecule has 86 valence electrons. The molecule has 2 heterocycles. The lowest BCUT2D eigenvalue weighted by Gasteiger charge is -2.07. The van der Waals surface area contributed by atoms with Gasteiger partial charge in [-0.05, 0) is 41.7 Å². The second kappa shape index (κ2) is 6.06. The smallest absolute Gasteiger partial charge is 0.138 e. The molecular weight excluding hydrogens is 264 g/mol. The summed E-state index contributed by atoms with van der Waals surface area (Å²) >= 11 is 2.01. The van der Waals surface area contributed by atoms with Crippen LogP contribution in [0.25, 0.3) is 11.4 Å². The van der Waals surface area contributed by atoms with Crippen molar-refractivity contribution >= 4 is 23.5 Å². The van der Waals surface area contributed by atoms with Crippen LogP contribution in [0.3, 0.4) is 0 Å². The van der Waals surface area contributed by atoms with Gasteiger partial charge >= 0.3 is 0 Å². The second-order valence-electron chi connectivity index (χ2n) is 3.09. The van der Waals surface area contributed by atoms with Crippen LogP contribution in [0.4, 0.5) is 0 Å². The molecule has 0 amide bonds. The van der Waals surface area contributed by atoms with E-state index in [1.807, 2.05) is 29.0 Å². The molecule has 0 unspecified atom stereocenters. The van der Waals surface area contributed by atoms with Crippen molar-refractivity contribution < 1.29 is 0 Å². The minimum absolute atomic E-state index is 0.627. The fourth-order valence-corrected chi connectivity index (χ4v) is 2.57.